The summed E-state index contributed by atoms with van der Waals surface area (Å²) >= 11 is 0. The molecule has 0 heterocycles. The standard InChI is InChI=1S/C15H23O/c1-14(2,3)11-8-12(15(4,5)6)10-13(9-11)16-7/h9-10H,1-7H3. The Balaban J connectivity index is 3.33. The highest BCUT2D eigenvalue weighted by Crippen LogP contribution is 2.32. The van der Waals surface area contributed by atoms with Crippen LogP contribution >= 0.6 is 0 Å². The van der Waals surface area contributed by atoms with E-state index in [0.717, 1.165) is 5.75 Å². The van der Waals surface area contributed by atoms with Gasteiger partial charge in [-0.05, 0) is 40.2 Å². The third-order valence-electron chi connectivity index (χ3n) is 2.69. The average Bonchev–Trinajstić information content (AvgIpc) is 2.14. The molecule has 1 rings (SSSR count). The van der Waals surface area contributed by atoms with Gasteiger partial charge >= 0.3 is 0 Å². The molecule has 1 aromatic rings. The molecule has 0 N–H and O–H groups in total. The van der Waals surface area contributed by atoms with Gasteiger partial charge in [0.05, 0.1) is 7.11 Å². The summed E-state index contributed by atoms with van der Waals surface area (Å²) in [6.45, 7) is 13.2. The third-order valence-corrected chi connectivity index (χ3v) is 2.69. The third kappa shape index (κ3) is 3.01. The van der Waals surface area contributed by atoms with Crippen LogP contribution in [-0.4, -0.2) is 7.11 Å². The van der Waals surface area contributed by atoms with E-state index in [0.29, 0.717) is 0 Å². The molecular formula is C15H23O. The summed E-state index contributed by atoms with van der Waals surface area (Å²) in [7, 11) is 1.72. The summed E-state index contributed by atoms with van der Waals surface area (Å²) in [4.78, 5) is 0. The summed E-state index contributed by atoms with van der Waals surface area (Å²) in [5, 5.41) is 0. The molecule has 0 spiro atoms. The van der Waals surface area contributed by atoms with Crippen molar-refractivity contribution in [2.45, 2.75) is 52.4 Å². The second-order valence-electron chi connectivity index (χ2n) is 6.35. The van der Waals surface area contributed by atoms with Gasteiger partial charge in [-0.3, -0.25) is 0 Å². The normalized spacial score (nSPS) is 12.7. The van der Waals surface area contributed by atoms with E-state index >= 15 is 0 Å². The van der Waals surface area contributed by atoms with Gasteiger partial charge in [0.2, 0.25) is 0 Å². The highest BCUT2D eigenvalue weighted by molar-refractivity contribution is 5.39. The summed E-state index contributed by atoms with van der Waals surface area (Å²) in [6, 6.07) is 7.68. The van der Waals surface area contributed by atoms with Crippen molar-refractivity contribution in [2.24, 2.45) is 0 Å². The van der Waals surface area contributed by atoms with Crippen LogP contribution in [0.1, 0.15) is 52.7 Å². The Morgan fingerprint density at radius 2 is 1.25 bits per heavy atom. The van der Waals surface area contributed by atoms with Crippen molar-refractivity contribution in [1.29, 1.82) is 0 Å². The Hall–Kier alpha value is -0.980. The molecule has 0 aliphatic heterocycles. The monoisotopic (exact) mass is 219 g/mol. The maximum atomic E-state index is 5.37. The highest BCUT2D eigenvalue weighted by Gasteiger charge is 2.21. The van der Waals surface area contributed by atoms with Gasteiger partial charge in [0.25, 0.3) is 0 Å². The van der Waals surface area contributed by atoms with Crippen molar-refractivity contribution < 1.29 is 4.74 Å². The van der Waals surface area contributed by atoms with Crippen molar-refractivity contribution in [2.75, 3.05) is 7.11 Å². The van der Waals surface area contributed by atoms with Crippen molar-refractivity contribution in [3.05, 3.63) is 29.3 Å². The topological polar surface area (TPSA) is 9.23 Å². The van der Waals surface area contributed by atoms with Crippen molar-refractivity contribution >= 4 is 0 Å². The first-order valence-corrected chi connectivity index (χ1v) is 5.77. The summed E-state index contributed by atoms with van der Waals surface area (Å²) in [6.07, 6.45) is 0. The molecule has 1 heteroatoms. The predicted molar refractivity (Wildman–Crippen MR) is 69.2 cm³/mol. The van der Waals surface area contributed by atoms with Gasteiger partial charge in [0.15, 0.2) is 0 Å². The molecule has 0 saturated carbocycles. The molecule has 0 aromatic heterocycles. The van der Waals surface area contributed by atoms with E-state index in [2.05, 4.69) is 59.7 Å². The van der Waals surface area contributed by atoms with Crippen molar-refractivity contribution in [3.63, 3.8) is 0 Å². The largest absolute Gasteiger partial charge is 0.497 e. The summed E-state index contributed by atoms with van der Waals surface area (Å²) < 4.78 is 5.37. The Labute approximate surface area is 99.8 Å². The quantitative estimate of drug-likeness (QED) is 0.691. The molecule has 0 fully saturated rings. The fraction of sp³-hybridized carbons (Fsp3) is 0.600. The fourth-order valence-electron chi connectivity index (χ4n) is 1.47. The molecular weight excluding hydrogens is 196 g/mol. The van der Waals surface area contributed by atoms with Gasteiger partial charge in [0.1, 0.15) is 5.75 Å². The zero-order valence-electron chi connectivity index (χ0n) is 11.6. The Bertz CT molecular complexity index is 332. The van der Waals surface area contributed by atoms with E-state index in [9.17, 15) is 0 Å². The first kappa shape index (κ1) is 13.1. The van der Waals surface area contributed by atoms with Crippen LogP contribution in [0.4, 0.5) is 0 Å². The van der Waals surface area contributed by atoms with Gasteiger partial charge in [-0.25, -0.2) is 0 Å². The van der Waals surface area contributed by atoms with E-state index in [4.69, 9.17) is 4.74 Å². The van der Waals surface area contributed by atoms with Crippen LogP contribution in [0.15, 0.2) is 12.1 Å². The molecule has 0 amide bonds. The highest BCUT2D eigenvalue weighted by atomic mass is 16.5. The molecule has 1 aromatic carbocycles. The zero-order valence-corrected chi connectivity index (χ0v) is 11.6. The summed E-state index contributed by atoms with van der Waals surface area (Å²) in [5.74, 6) is 0.925. The van der Waals surface area contributed by atoms with Crippen LogP contribution in [0.5, 0.6) is 5.75 Å². The van der Waals surface area contributed by atoms with Gasteiger partial charge in [0, 0.05) is 0 Å². The smallest absolute Gasteiger partial charge is 0.119 e. The molecule has 0 aliphatic carbocycles. The molecule has 0 saturated heterocycles. The first-order valence-electron chi connectivity index (χ1n) is 5.77. The van der Waals surface area contributed by atoms with Crippen LogP contribution < -0.4 is 4.74 Å². The van der Waals surface area contributed by atoms with E-state index in [1.54, 1.807) is 7.11 Å². The van der Waals surface area contributed by atoms with Gasteiger partial charge < -0.3 is 4.74 Å². The number of benzene rings is 1. The van der Waals surface area contributed by atoms with Crippen LogP contribution in [0, 0.1) is 6.07 Å². The number of hydrogen-bond donors (Lipinski definition) is 0. The number of methoxy groups -OCH3 is 1. The maximum Gasteiger partial charge on any atom is 0.119 e. The second-order valence-corrected chi connectivity index (χ2v) is 6.35. The van der Waals surface area contributed by atoms with Crippen molar-refractivity contribution in [1.82, 2.24) is 0 Å². The second kappa shape index (κ2) is 4.12. The molecule has 89 valence electrons. The van der Waals surface area contributed by atoms with E-state index in [1.165, 1.54) is 11.1 Å². The molecule has 16 heavy (non-hydrogen) atoms. The number of rotatable bonds is 1. The minimum atomic E-state index is 0.106. The van der Waals surface area contributed by atoms with Crippen LogP contribution in [-0.2, 0) is 10.8 Å². The lowest BCUT2D eigenvalue weighted by Gasteiger charge is -2.25. The van der Waals surface area contributed by atoms with Gasteiger partial charge in [-0.1, -0.05) is 41.5 Å². The molecule has 1 nitrogen and oxygen atoms in total. The summed E-state index contributed by atoms with van der Waals surface area (Å²) in [5.41, 5.74) is 2.62. The van der Waals surface area contributed by atoms with E-state index < -0.39 is 0 Å². The van der Waals surface area contributed by atoms with Gasteiger partial charge in [-0.2, -0.15) is 0 Å². The fourth-order valence-corrected chi connectivity index (χ4v) is 1.47. The maximum absolute atomic E-state index is 5.37. The van der Waals surface area contributed by atoms with Crippen LogP contribution in [0.2, 0.25) is 0 Å². The van der Waals surface area contributed by atoms with E-state index in [1.807, 2.05) is 0 Å². The Morgan fingerprint density at radius 3 is 1.50 bits per heavy atom. The lowest BCUT2D eigenvalue weighted by molar-refractivity contribution is 0.410. The Morgan fingerprint density at radius 1 is 0.875 bits per heavy atom. The average molecular weight is 219 g/mol. The molecule has 0 unspecified atom stereocenters. The van der Waals surface area contributed by atoms with Crippen molar-refractivity contribution in [3.8, 4) is 5.75 Å². The minimum Gasteiger partial charge on any atom is -0.497 e. The predicted octanol–water partition coefficient (Wildman–Crippen LogP) is 4.09. The lowest BCUT2D eigenvalue weighted by atomic mass is 9.80. The van der Waals surface area contributed by atoms with Crippen LogP contribution in [0.25, 0.3) is 0 Å². The van der Waals surface area contributed by atoms with Gasteiger partial charge in [-0.15, -0.1) is 0 Å². The van der Waals surface area contributed by atoms with Crippen LogP contribution in [0.3, 0.4) is 0 Å². The van der Waals surface area contributed by atoms with E-state index in [-0.39, 0.29) is 10.8 Å². The molecule has 1 radical (unpaired) electrons. The molecule has 0 atom stereocenters. The number of ether oxygens (including phenoxy) is 1. The zero-order chi connectivity index (χ0) is 12.6. The molecule has 0 bridgehead atoms. The Kier molecular flexibility index (Phi) is 3.37. The molecule has 0 aliphatic rings. The first-order chi connectivity index (χ1) is 7.14. The minimum absolute atomic E-state index is 0.106. The lowest BCUT2D eigenvalue weighted by Crippen LogP contribution is -2.16. The number of hydrogen-bond acceptors (Lipinski definition) is 1. The SMILES string of the molecule is COc1cc(C(C)(C)C)[c]c(C(C)(C)C)c1.